The highest BCUT2D eigenvalue weighted by Crippen LogP contribution is 2.41. The van der Waals surface area contributed by atoms with Gasteiger partial charge in [0.15, 0.2) is 0 Å². The molecule has 0 atom stereocenters. The second kappa shape index (κ2) is 9.79. The van der Waals surface area contributed by atoms with Crippen LogP contribution in [0.1, 0.15) is 11.1 Å². The Bertz CT molecular complexity index is 1680. The molecule has 0 aromatic heterocycles. The van der Waals surface area contributed by atoms with Crippen LogP contribution in [-0.4, -0.2) is 0 Å². The molecule has 6 rings (SSSR count). The molecule has 0 fully saturated rings. The van der Waals surface area contributed by atoms with Gasteiger partial charge in [-0.3, -0.25) is 0 Å². The SMILES string of the molecule is Cc1cccc(-c2cccc(N(c3ccc(-c4ccccc4)cc3)c3cccc4ccccc34)c2)c1C. The Balaban J connectivity index is 1.53. The molecular weight excluding hydrogens is 446 g/mol. The Hall–Kier alpha value is -4.62. The van der Waals surface area contributed by atoms with Gasteiger partial charge in [-0.2, -0.15) is 0 Å². The average Bonchev–Trinajstić information content (AvgIpc) is 2.96. The standard InChI is InChI=1S/C36H29N/c1-26-11-8-19-34(27(26)2)31-16-9-17-33(25-31)37(36-20-10-15-30-14-6-7-18-35(30)36)32-23-21-29(22-24-32)28-12-4-3-5-13-28/h3-25H,1-2H3. The van der Waals surface area contributed by atoms with Crippen LogP contribution in [0.5, 0.6) is 0 Å². The number of fused-ring (bicyclic) bond motifs is 1. The Kier molecular flexibility index (Phi) is 6.04. The van der Waals surface area contributed by atoms with E-state index in [1.165, 1.54) is 49.8 Å². The fourth-order valence-electron chi connectivity index (χ4n) is 5.14. The lowest BCUT2D eigenvalue weighted by Crippen LogP contribution is -2.10. The molecule has 0 heterocycles. The van der Waals surface area contributed by atoms with Crippen LogP contribution in [0.3, 0.4) is 0 Å². The van der Waals surface area contributed by atoms with Crippen molar-refractivity contribution < 1.29 is 0 Å². The molecule has 0 aliphatic carbocycles. The van der Waals surface area contributed by atoms with Crippen LogP contribution in [0.25, 0.3) is 33.0 Å². The van der Waals surface area contributed by atoms with E-state index >= 15 is 0 Å². The number of nitrogens with zero attached hydrogens (tertiary/aromatic N) is 1. The first-order valence-corrected chi connectivity index (χ1v) is 12.8. The Morgan fingerprint density at radius 1 is 0.459 bits per heavy atom. The van der Waals surface area contributed by atoms with Gasteiger partial charge in [-0.25, -0.2) is 0 Å². The quantitative estimate of drug-likeness (QED) is 0.240. The van der Waals surface area contributed by atoms with E-state index in [1.54, 1.807) is 0 Å². The molecule has 0 saturated carbocycles. The molecule has 0 saturated heterocycles. The summed E-state index contributed by atoms with van der Waals surface area (Å²) in [6, 6.07) is 50.1. The highest BCUT2D eigenvalue weighted by molar-refractivity contribution is 5.99. The molecule has 178 valence electrons. The molecule has 0 N–H and O–H groups in total. The lowest BCUT2D eigenvalue weighted by molar-refractivity contribution is 1.29. The monoisotopic (exact) mass is 475 g/mol. The summed E-state index contributed by atoms with van der Waals surface area (Å²) in [5.41, 5.74) is 11.0. The molecule has 0 spiro atoms. The third kappa shape index (κ3) is 4.41. The number of anilines is 3. The minimum Gasteiger partial charge on any atom is -0.310 e. The molecule has 0 radical (unpaired) electrons. The zero-order valence-electron chi connectivity index (χ0n) is 21.2. The van der Waals surface area contributed by atoms with Crippen LogP contribution in [0.2, 0.25) is 0 Å². The Morgan fingerprint density at radius 3 is 1.95 bits per heavy atom. The van der Waals surface area contributed by atoms with E-state index in [9.17, 15) is 0 Å². The normalized spacial score (nSPS) is 11.0. The van der Waals surface area contributed by atoms with E-state index in [4.69, 9.17) is 0 Å². The van der Waals surface area contributed by atoms with Crippen molar-refractivity contribution in [2.45, 2.75) is 13.8 Å². The second-order valence-electron chi connectivity index (χ2n) is 9.54. The summed E-state index contributed by atoms with van der Waals surface area (Å²) in [5, 5.41) is 2.46. The Morgan fingerprint density at radius 2 is 1.11 bits per heavy atom. The van der Waals surface area contributed by atoms with E-state index in [1.807, 2.05) is 0 Å². The molecular formula is C36H29N. The van der Waals surface area contributed by atoms with Gasteiger partial charge < -0.3 is 4.90 Å². The minimum atomic E-state index is 1.13. The lowest BCUT2D eigenvalue weighted by Gasteiger charge is -2.27. The van der Waals surface area contributed by atoms with Gasteiger partial charge in [-0.05, 0) is 82.9 Å². The molecule has 0 amide bonds. The van der Waals surface area contributed by atoms with Crippen molar-refractivity contribution in [3.05, 3.63) is 151 Å². The van der Waals surface area contributed by atoms with Crippen LogP contribution in [0, 0.1) is 13.8 Å². The molecule has 6 aromatic rings. The summed E-state index contributed by atoms with van der Waals surface area (Å²) >= 11 is 0. The molecule has 0 aliphatic rings. The maximum atomic E-state index is 2.38. The van der Waals surface area contributed by atoms with Crippen molar-refractivity contribution in [1.82, 2.24) is 0 Å². The third-order valence-corrected chi connectivity index (χ3v) is 7.26. The van der Waals surface area contributed by atoms with E-state index in [0.29, 0.717) is 0 Å². The van der Waals surface area contributed by atoms with Crippen LogP contribution < -0.4 is 4.90 Å². The first-order chi connectivity index (χ1) is 18.2. The molecule has 0 unspecified atom stereocenters. The highest BCUT2D eigenvalue weighted by Gasteiger charge is 2.16. The molecule has 0 aliphatic heterocycles. The van der Waals surface area contributed by atoms with Gasteiger partial charge >= 0.3 is 0 Å². The topological polar surface area (TPSA) is 3.24 Å². The Labute approximate surface area is 219 Å². The predicted octanol–water partition coefficient (Wildman–Crippen LogP) is 10.3. The number of aryl methyl sites for hydroxylation is 1. The van der Waals surface area contributed by atoms with Gasteiger partial charge in [0.2, 0.25) is 0 Å². The van der Waals surface area contributed by atoms with Gasteiger partial charge in [0.05, 0.1) is 5.69 Å². The fourth-order valence-corrected chi connectivity index (χ4v) is 5.14. The summed E-state index contributed by atoms with van der Waals surface area (Å²) in [4.78, 5) is 2.38. The summed E-state index contributed by atoms with van der Waals surface area (Å²) in [6.07, 6.45) is 0. The molecule has 1 heteroatoms. The maximum absolute atomic E-state index is 2.38. The molecule has 1 nitrogen and oxygen atoms in total. The van der Waals surface area contributed by atoms with Crippen LogP contribution in [-0.2, 0) is 0 Å². The van der Waals surface area contributed by atoms with Gasteiger partial charge in [-0.15, -0.1) is 0 Å². The maximum Gasteiger partial charge on any atom is 0.0540 e. The predicted molar refractivity (Wildman–Crippen MR) is 159 cm³/mol. The smallest absolute Gasteiger partial charge is 0.0540 e. The number of hydrogen-bond acceptors (Lipinski definition) is 1. The van der Waals surface area contributed by atoms with Gasteiger partial charge in [0.1, 0.15) is 0 Å². The van der Waals surface area contributed by atoms with Crippen LogP contribution in [0.4, 0.5) is 17.1 Å². The number of benzene rings is 6. The van der Waals surface area contributed by atoms with Crippen LogP contribution in [0.15, 0.2) is 140 Å². The highest BCUT2D eigenvalue weighted by atomic mass is 15.1. The van der Waals surface area contributed by atoms with Gasteiger partial charge in [0, 0.05) is 16.8 Å². The van der Waals surface area contributed by atoms with Gasteiger partial charge in [0.25, 0.3) is 0 Å². The molecule has 0 bridgehead atoms. The first kappa shape index (κ1) is 22.8. The summed E-state index contributed by atoms with van der Waals surface area (Å²) < 4.78 is 0. The van der Waals surface area contributed by atoms with E-state index < -0.39 is 0 Å². The van der Waals surface area contributed by atoms with Crippen molar-refractivity contribution in [2.24, 2.45) is 0 Å². The summed E-state index contributed by atoms with van der Waals surface area (Å²) in [5.74, 6) is 0. The third-order valence-electron chi connectivity index (χ3n) is 7.26. The van der Waals surface area contributed by atoms with E-state index in [2.05, 4.69) is 158 Å². The molecule has 37 heavy (non-hydrogen) atoms. The van der Waals surface area contributed by atoms with Crippen molar-refractivity contribution in [2.75, 3.05) is 4.90 Å². The lowest BCUT2D eigenvalue weighted by atomic mass is 9.96. The number of rotatable bonds is 5. The first-order valence-electron chi connectivity index (χ1n) is 12.8. The molecule has 6 aromatic carbocycles. The van der Waals surface area contributed by atoms with Crippen molar-refractivity contribution in [3.63, 3.8) is 0 Å². The second-order valence-corrected chi connectivity index (χ2v) is 9.54. The van der Waals surface area contributed by atoms with Crippen molar-refractivity contribution in [1.29, 1.82) is 0 Å². The average molecular weight is 476 g/mol. The summed E-state index contributed by atoms with van der Waals surface area (Å²) in [6.45, 7) is 4.39. The van der Waals surface area contributed by atoms with E-state index in [0.717, 1.165) is 11.4 Å². The van der Waals surface area contributed by atoms with Crippen molar-refractivity contribution >= 4 is 27.8 Å². The zero-order chi connectivity index (χ0) is 25.2. The van der Waals surface area contributed by atoms with Crippen molar-refractivity contribution in [3.8, 4) is 22.3 Å². The van der Waals surface area contributed by atoms with Crippen LogP contribution >= 0.6 is 0 Å². The number of hydrogen-bond donors (Lipinski definition) is 0. The van der Waals surface area contributed by atoms with Gasteiger partial charge in [-0.1, -0.05) is 109 Å². The van der Waals surface area contributed by atoms with E-state index in [-0.39, 0.29) is 0 Å². The largest absolute Gasteiger partial charge is 0.310 e. The zero-order valence-corrected chi connectivity index (χ0v) is 21.2. The fraction of sp³-hybridized carbons (Fsp3) is 0.0556. The minimum absolute atomic E-state index is 1.13. The summed E-state index contributed by atoms with van der Waals surface area (Å²) in [7, 11) is 0.